The number of benzene rings is 1. The molecule has 1 aromatic rings. The Morgan fingerprint density at radius 1 is 1.40 bits per heavy atom. The van der Waals surface area contributed by atoms with Crippen molar-refractivity contribution in [3.8, 4) is 11.5 Å². The average molecular weight is 279 g/mol. The Labute approximate surface area is 121 Å². The van der Waals surface area contributed by atoms with Crippen molar-refractivity contribution in [2.75, 3.05) is 13.7 Å². The molecule has 2 atom stereocenters. The molecule has 0 amide bonds. The standard InChI is InChI=1S/C16H25NO3/c1-5-20-13-8-11(6-7-12(13)18)10-17-14-9-15(19-4)16(14,2)3/h6-8,14-15,17-18H,5,9-10H2,1-4H3. The maximum Gasteiger partial charge on any atom is 0.161 e. The topological polar surface area (TPSA) is 50.7 Å². The summed E-state index contributed by atoms with van der Waals surface area (Å²) in [6, 6.07) is 5.96. The van der Waals surface area contributed by atoms with Gasteiger partial charge in [-0.2, -0.15) is 0 Å². The fourth-order valence-electron chi connectivity index (χ4n) is 2.81. The van der Waals surface area contributed by atoms with E-state index in [1.54, 1.807) is 13.2 Å². The van der Waals surface area contributed by atoms with Crippen LogP contribution in [0.4, 0.5) is 0 Å². The number of phenolic OH excluding ortho intramolecular Hbond substituents is 1. The highest BCUT2D eigenvalue weighted by molar-refractivity contribution is 5.41. The van der Waals surface area contributed by atoms with E-state index in [1.807, 2.05) is 19.1 Å². The number of phenols is 1. The van der Waals surface area contributed by atoms with Gasteiger partial charge in [-0.15, -0.1) is 0 Å². The molecule has 0 spiro atoms. The first kappa shape index (κ1) is 15.1. The molecule has 1 aliphatic rings. The summed E-state index contributed by atoms with van der Waals surface area (Å²) in [6.45, 7) is 7.68. The first-order valence-electron chi connectivity index (χ1n) is 7.20. The molecule has 0 aliphatic heterocycles. The van der Waals surface area contributed by atoms with Gasteiger partial charge < -0.3 is 19.9 Å². The molecule has 2 unspecified atom stereocenters. The lowest BCUT2D eigenvalue weighted by Crippen LogP contribution is -2.60. The second-order valence-electron chi connectivity index (χ2n) is 5.95. The Bertz CT molecular complexity index is 459. The zero-order valence-corrected chi connectivity index (χ0v) is 12.8. The summed E-state index contributed by atoms with van der Waals surface area (Å²) in [7, 11) is 1.77. The maximum absolute atomic E-state index is 9.69. The number of nitrogens with one attached hydrogen (secondary N) is 1. The van der Waals surface area contributed by atoms with Crippen molar-refractivity contribution in [2.24, 2.45) is 5.41 Å². The molecule has 1 aromatic carbocycles. The molecule has 0 aromatic heterocycles. The minimum Gasteiger partial charge on any atom is -0.504 e. The van der Waals surface area contributed by atoms with Crippen LogP contribution in [0, 0.1) is 5.41 Å². The third-order valence-electron chi connectivity index (χ3n) is 4.34. The van der Waals surface area contributed by atoms with Crippen LogP contribution in [0.2, 0.25) is 0 Å². The molecule has 112 valence electrons. The highest BCUT2D eigenvalue weighted by Crippen LogP contribution is 2.42. The van der Waals surface area contributed by atoms with Crippen LogP contribution in [0.3, 0.4) is 0 Å². The lowest BCUT2D eigenvalue weighted by atomic mass is 9.64. The third-order valence-corrected chi connectivity index (χ3v) is 4.34. The summed E-state index contributed by atoms with van der Waals surface area (Å²) >= 11 is 0. The highest BCUT2D eigenvalue weighted by Gasteiger charge is 2.48. The van der Waals surface area contributed by atoms with Gasteiger partial charge in [-0.05, 0) is 31.0 Å². The molecular formula is C16H25NO3. The second kappa shape index (κ2) is 6.02. The van der Waals surface area contributed by atoms with Crippen LogP contribution in [0.1, 0.15) is 32.8 Å². The van der Waals surface area contributed by atoms with E-state index >= 15 is 0 Å². The first-order chi connectivity index (χ1) is 9.48. The number of hydrogen-bond acceptors (Lipinski definition) is 4. The van der Waals surface area contributed by atoms with Crippen molar-refractivity contribution < 1.29 is 14.6 Å². The van der Waals surface area contributed by atoms with Gasteiger partial charge in [-0.3, -0.25) is 0 Å². The molecule has 1 aliphatic carbocycles. The summed E-state index contributed by atoms with van der Waals surface area (Å²) in [5.74, 6) is 0.744. The van der Waals surface area contributed by atoms with E-state index in [9.17, 15) is 5.11 Å². The molecule has 4 heteroatoms. The SMILES string of the molecule is CCOc1cc(CNC2CC(OC)C2(C)C)ccc1O. The minimum absolute atomic E-state index is 0.161. The van der Waals surface area contributed by atoms with Crippen molar-refractivity contribution in [1.29, 1.82) is 0 Å². The van der Waals surface area contributed by atoms with Crippen molar-refractivity contribution in [3.63, 3.8) is 0 Å². The van der Waals surface area contributed by atoms with Gasteiger partial charge in [0.05, 0.1) is 12.7 Å². The van der Waals surface area contributed by atoms with Crippen molar-refractivity contribution >= 4 is 0 Å². The maximum atomic E-state index is 9.69. The van der Waals surface area contributed by atoms with Gasteiger partial charge in [0, 0.05) is 25.1 Å². The summed E-state index contributed by atoms with van der Waals surface area (Å²) in [4.78, 5) is 0. The largest absolute Gasteiger partial charge is 0.504 e. The number of ether oxygens (including phenoxy) is 2. The first-order valence-corrected chi connectivity index (χ1v) is 7.20. The number of methoxy groups -OCH3 is 1. The summed E-state index contributed by atoms with van der Waals surface area (Å²) in [6.07, 6.45) is 1.37. The third kappa shape index (κ3) is 2.91. The number of hydrogen-bond donors (Lipinski definition) is 2. The lowest BCUT2D eigenvalue weighted by molar-refractivity contribution is -0.0979. The van der Waals surface area contributed by atoms with E-state index in [4.69, 9.17) is 9.47 Å². The Kier molecular flexibility index (Phi) is 4.55. The molecule has 2 rings (SSSR count). The number of rotatable bonds is 6. The second-order valence-corrected chi connectivity index (χ2v) is 5.95. The normalized spacial score (nSPS) is 24.2. The quantitative estimate of drug-likeness (QED) is 0.840. The Balaban J connectivity index is 1.93. The molecule has 2 N–H and O–H groups in total. The molecule has 4 nitrogen and oxygen atoms in total. The minimum atomic E-state index is 0.161. The predicted octanol–water partition coefficient (Wildman–Crippen LogP) is 2.69. The molecule has 20 heavy (non-hydrogen) atoms. The molecule has 0 heterocycles. The van der Waals surface area contributed by atoms with Crippen molar-refractivity contribution in [3.05, 3.63) is 23.8 Å². The van der Waals surface area contributed by atoms with Gasteiger partial charge in [0.15, 0.2) is 11.5 Å². The molecule has 1 fully saturated rings. The molecule has 0 radical (unpaired) electrons. The van der Waals surface area contributed by atoms with Crippen molar-refractivity contribution in [2.45, 2.75) is 45.9 Å². The zero-order valence-electron chi connectivity index (χ0n) is 12.8. The predicted molar refractivity (Wildman–Crippen MR) is 79.1 cm³/mol. The van der Waals surface area contributed by atoms with Gasteiger partial charge in [0.1, 0.15) is 0 Å². The van der Waals surface area contributed by atoms with Gasteiger partial charge in [-0.1, -0.05) is 19.9 Å². The van der Waals surface area contributed by atoms with E-state index in [0.29, 0.717) is 24.5 Å². The fourth-order valence-corrected chi connectivity index (χ4v) is 2.81. The summed E-state index contributed by atoms with van der Waals surface area (Å²) in [5, 5.41) is 13.3. The zero-order chi connectivity index (χ0) is 14.8. The smallest absolute Gasteiger partial charge is 0.161 e. The summed E-state index contributed by atoms with van der Waals surface area (Å²) < 4.78 is 10.9. The van der Waals surface area contributed by atoms with Gasteiger partial charge >= 0.3 is 0 Å². The van der Waals surface area contributed by atoms with Gasteiger partial charge in [0.2, 0.25) is 0 Å². The van der Waals surface area contributed by atoms with Crippen molar-refractivity contribution in [1.82, 2.24) is 5.32 Å². The van der Waals surface area contributed by atoms with E-state index in [0.717, 1.165) is 18.5 Å². The van der Waals surface area contributed by atoms with Crippen LogP contribution in [0.5, 0.6) is 11.5 Å². The summed E-state index contributed by atoms with van der Waals surface area (Å²) in [5.41, 5.74) is 1.27. The Hall–Kier alpha value is -1.26. The fraction of sp³-hybridized carbons (Fsp3) is 0.625. The van der Waals surface area contributed by atoms with Crippen LogP contribution in [-0.4, -0.2) is 31.0 Å². The average Bonchev–Trinajstić information content (AvgIpc) is 2.41. The number of aromatic hydroxyl groups is 1. The van der Waals surface area contributed by atoms with E-state index in [1.165, 1.54) is 0 Å². The molecule has 1 saturated carbocycles. The Morgan fingerprint density at radius 2 is 2.15 bits per heavy atom. The van der Waals surface area contributed by atoms with E-state index in [-0.39, 0.29) is 11.2 Å². The highest BCUT2D eigenvalue weighted by atomic mass is 16.5. The van der Waals surface area contributed by atoms with E-state index < -0.39 is 0 Å². The van der Waals surface area contributed by atoms with Gasteiger partial charge in [-0.25, -0.2) is 0 Å². The molecular weight excluding hydrogens is 254 g/mol. The monoisotopic (exact) mass is 279 g/mol. The van der Waals surface area contributed by atoms with Crippen LogP contribution in [0.25, 0.3) is 0 Å². The van der Waals surface area contributed by atoms with Crippen LogP contribution in [-0.2, 0) is 11.3 Å². The van der Waals surface area contributed by atoms with Crippen LogP contribution < -0.4 is 10.1 Å². The Morgan fingerprint density at radius 3 is 2.75 bits per heavy atom. The van der Waals surface area contributed by atoms with Gasteiger partial charge in [0.25, 0.3) is 0 Å². The van der Waals surface area contributed by atoms with E-state index in [2.05, 4.69) is 19.2 Å². The van der Waals surface area contributed by atoms with Crippen LogP contribution in [0.15, 0.2) is 18.2 Å². The molecule has 0 saturated heterocycles. The van der Waals surface area contributed by atoms with Crippen LogP contribution >= 0.6 is 0 Å². The molecule has 0 bridgehead atoms. The lowest BCUT2D eigenvalue weighted by Gasteiger charge is -2.51.